The SMILES string of the molecule is COc1ccc(C(O)CNC(=O)CCc2c(C)nn(CCC#N)c2C)cc1. The van der Waals surface area contributed by atoms with Crippen molar-refractivity contribution in [1.82, 2.24) is 15.1 Å². The Bertz CT molecular complexity index is 806. The molecule has 1 amide bonds. The summed E-state index contributed by atoms with van der Waals surface area (Å²) in [6.45, 7) is 4.59. The fourth-order valence-electron chi connectivity index (χ4n) is 2.95. The predicted octanol–water partition coefficient (Wildman–Crippen LogP) is 2.20. The minimum atomic E-state index is -0.767. The summed E-state index contributed by atoms with van der Waals surface area (Å²) in [5.74, 6) is 0.599. The number of aliphatic hydroxyl groups excluding tert-OH is 1. The Labute approximate surface area is 159 Å². The Kier molecular flexibility index (Phi) is 7.38. The predicted molar refractivity (Wildman–Crippen MR) is 101 cm³/mol. The molecule has 7 heteroatoms. The second-order valence-electron chi connectivity index (χ2n) is 6.37. The monoisotopic (exact) mass is 370 g/mol. The fourth-order valence-corrected chi connectivity index (χ4v) is 2.95. The molecule has 144 valence electrons. The zero-order valence-corrected chi connectivity index (χ0v) is 16.0. The Balaban J connectivity index is 1.84. The molecule has 27 heavy (non-hydrogen) atoms. The van der Waals surface area contributed by atoms with Crippen molar-refractivity contribution >= 4 is 5.91 Å². The molecule has 7 nitrogen and oxygen atoms in total. The van der Waals surface area contributed by atoms with Crippen LogP contribution >= 0.6 is 0 Å². The number of nitriles is 1. The van der Waals surface area contributed by atoms with Crippen molar-refractivity contribution in [2.45, 2.75) is 45.8 Å². The van der Waals surface area contributed by atoms with Gasteiger partial charge in [-0.25, -0.2) is 0 Å². The van der Waals surface area contributed by atoms with E-state index in [1.165, 1.54) is 0 Å². The van der Waals surface area contributed by atoms with E-state index in [1.54, 1.807) is 31.4 Å². The molecule has 0 aliphatic heterocycles. The van der Waals surface area contributed by atoms with E-state index < -0.39 is 6.10 Å². The summed E-state index contributed by atoms with van der Waals surface area (Å²) in [6, 6.07) is 9.21. The van der Waals surface area contributed by atoms with Gasteiger partial charge in [-0.15, -0.1) is 0 Å². The van der Waals surface area contributed by atoms with Gasteiger partial charge in [-0.3, -0.25) is 9.48 Å². The molecular weight excluding hydrogens is 344 g/mol. The van der Waals surface area contributed by atoms with Crippen molar-refractivity contribution in [3.63, 3.8) is 0 Å². The molecule has 1 aromatic heterocycles. The zero-order chi connectivity index (χ0) is 19.8. The van der Waals surface area contributed by atoms with E-state index in [9.17, 15) is 9.90 Å². The molecule has 0 saturated carbocycles. The first-order valence-electron chi connectivity index (χ1n) is 8.94. The number of hydrogen-bond donors (Lipinski definition) is 2. The molecule has 2 N–H and O–H groups in total. The lowest BCUT2D eigenvalue weighted by atomic mass is 10.1. The summed E-state index contributed by atoms with van der Waals surface area (Å²) in [4.78, 5) is 12.1. The van der Waals surface area contributed by atoms with Gasteiger partial charge in [0.25, 0.3) is 0 Å². The van der Waals surface area contributed by atoms with Crippen LogP contribution in [0.2, 0.25) is 0 Å². The summed E-state index contributed by atoms with van der Waals surface area (Å²) in [5, 5.41) is 26.1. The lowest BCUT2D eigenvalue weighted by Crippen LogP contribution is -2.28. The second-order valence-corrected chi connectivity index (χ2v) is 6.37. The number of benzene rings is 1. The summed E-state index contributed by atoms with van der Waals surface area (Å²) in [6.07, 6.45) is 0.540. The van der Waals surface area contributed by atoms with Gasteiger partial charge in [-0.1, -0.05) is 12.1 Å². The van der Waals surface area contributed by atoms with Gasteiger partial charge in [-0.2, -0.15) is 10.4 Å². The average molecular weight is 370 g/mol. The minimum absolute atomic E-state index is 0.119. The van der Waals surface area contributed by atoms with Crippen LogP contribution in [0.15, 0.2) is 24.3 Å². The van der Waals surface area contributed by atoms with Gasteiger partial charge in [0, 0.05) is 18.7 Å². The van der Waals surface area contributed by atoms with E-state index in [2.05, 4.69) is 16.5 Å². The zero-order valence-electron chi connectivity index (χ0n) is 16.0. The lowest BCUT2D eigenvalue weighted by Gasteiger charge is -2.13. The fraction of sp³-hybridized carbons (Fsp3) is 0.450. The minimum Gasteiger partial charge on any atom is -0.497 e. The summed E-state index contributed by atoms with van der Waals surface area (Å²) in [7, 11) is 1.59. The van der Waals surface area contributed by atoms with Gasteiger partial charge in [0.1, 0.15) is 5.75 Å². The quantitative estimate of drug-likeness (QED) is 0.705. The highest BCUT2D eigenvalue weighted by molar-refractivity contribution is 5.76. The summed E-state index contributed by atoms with van der Waals surface area (Å²) in [5.41, 5.74) is 3.64. The first kappa shape index (κ1) is 20.5. The normalized spacial score (nSPS) is 11.7. The van der Waals surface area contributed by atoms with Crippen molar-refractivity contribution in [2.75, 3.05) is 13.7 Å². The van der Waals surface area contributed by atoms with Gasteiger partial charge in [0.15, 0.2) is 0 Å². The number of ether oxygens (including phenoxy) is 1. The molecular formula is C20H26N4O3. The van der Waals surface area contributed by atoms with Crippen LogP contribution in [0.4, 0.5) is 0 Å². The van der Waals surface area contributed by atoms with E-state index in [0.29, 0.717) is 25.8 Å². The maximum atomic E-state index is 12.1. The van der Waals surface area contributed by atoms with Crippen LogP contribution in [0.25, 0.3) is 0 Å². The van der Waals surface area contributed by atoms with Crippen LogP contribution in [0.1, 0.15) is 41.5 Å². The van der Waals surface area contributed by atoms with E-state index in [4.69, 9.17) is 10.00 Å². The largest absolute Gasteiger partial charge is 0.497 e. The summed E-state index contributed by atoms with van der Waals surface area (Å²) >= 11 is 0. The number of hydrogen-bond acceptors (Lipinski definition) is 5. The van der Waals surface area contributed by atoms with Crippen LogP contribution in [0, 0.1) is 25.2 Å². The molecule has 0 fully saturated rings. The Morgan fingerprint density at radius 2 is 2.07 bits per heavy atom. The van der Waals surface area contributed by atoms with Crippen molar-refractivity contribution in [3.05, 3.63) is 46.8 Å². The third-order valence-corrected chi connectivity index (χ3v) is 4.56. The van der Waals surface area contributed by atoms with Gasteiger partial charge in [-0.05, 0) is 43.5 Å². The molecule has 1 unspecified atom stereocenters. The van der Waals surface area contributed by atoms with E-state index in [1.807, 2.05) is 18.5 Å². The van der Waals surface area contributed by atoms with Crippen molar-refractivity contribution in [1.29, 1.82) is 5.26 Å². The maximum absolute atomic E-state index is 12.1. The number of carbonyl (C=O) groups is 1. The molecule has 1 aromatic carbocycles. The molecule has 0 aliphatic rings. The molecule has 2 aromatic rings. The smallest absolute Gasteiger partial charge is 0.220 e. The molecule has 0 bridgehead atoms. The molecule has 1 atom stereocenters. The molecule has 0 aliphatic carbocycles. The van der Waals surface area contributed by atoms with Crippen molar-refractivity contribution in [3.8, 4) is 11.8 Å². The van der Waals surface area contributed by atoms with Crippen molar-refractivity contribution < 1.29 is 14.6 Å². The number of aryl methyl sites for hydroxylation is 2. The molecule has 0 spiro atoms. The maximum Gasteiger partial charge on any atom is 0.220 e. The number of rotatable bonds is 9. The first-order chi connectivity index (χ1) is 13.0. The number of carbonyl (C=O) groups excluding carboxylic acids is 1. The van der Waals surface area contributed by atoms with E-state index >= 15 is 0 Å². The van der Waals surface area contributed by atoms with E-state index in [0.717, 1.165) is 28.3 Å². The highest BCUT2D eigenvalue weighted by Crippen LogP contribution is 2.18. The van der Waals surface area contributed by atoms with Crippen LogP contribution < -0.4 is 10.1 Å². The molecule has 2 rings (SSSR count). The number of aromatic nitrogens is 2. The van der Waals surface area contributed by atoms with Gasteiger partial charge < -0.3 is 15.2 Å². The standard InChI is InChI=1S/C20H26N4O3/c1-14-18(15(2)24(23-14)12-4-11-21)9-10-20(26)22-13-19(25)16-5-7-17(27-3)8-6-16/h5-8,19,25H,4,9-10,12-13H2,1-3H3,(H,22,26). The van der Waals surface area contributed by atoms with Crippen LogP contribution in [0.3, 0.4) is 0 Å². The third kappa shape index (κ3) is 5.56. The second kappa shape index (κ2) is 9.74. The number of aliphatic hydroxyl groups is 1. The molecule has 1 heterocycles. The van der Waals surface area contributed by atoms with Crippen molar-refractivity contribution in [2.24, 2.45) is 0 Å². The number of amides is 1. The number of nitrogens with one attached hydrogen (secondary N) is 1. The first-order valence-corrected chi connectivity index (χ1v) is 8.94. The van der Waals surface area contributed by atoms with Gasteiger partial charge in [0.05, 0.1) is 37.9 Å². The van der Waals surface area contributed by atoms with Crippen LogP contribution in [-0.2, 0) is 17.8 Å². The Hall–Kier alpha value is -2.85. The number of nitrogens with zero attached hydrogens (tertiary/aromatic N) is 3. The highest BCUT2D eigenvalue weighted by Gasteiger charge is 2.14. The van der Waals surface area contributed by atoms with Gasteiger partial charge in [0.2, 0.25) is 5.91 Å². The average Bonchev–Trinajstić information content (AvgIpc) is 2.95. The Morgan fingerprint density at radius 3 is 2.70 bits per heavy atom. The van der Waals surface area contributed by atoms with Crippen LogP contribution in [0.5, 0.6) is 5.75 Å². The molecule has 0 saturated heterocycles. The van der Waals surface area contributed by atoms with Crippen LogP contribution in [-0.4, -0.2) is 34.4 Å². The topological polar surface area (TPSA) is 100 Å². The lowest BCUT2D eigenvalue weighted by molar-refractivity contribution is -0.121. The number of methoxy groups -OCH3 is 1. The highest BCUT2D eigenvalue weighted by atomic mass is 16.5. The molecule has 0 radical (unpaired) electrons. The third-order valence-electron chi connectivity index (χ3n) is 4.56. The Morgan fingerprint density at radius 1 is 1.37 bits per heavy atom. The van der Waals surface area contributed by atoms with Gasteiger partial charge >= 0.3 is 0 Å². The summed E-state index contributed by atoms with van der Waals surface area (Å²) < 4.78 is 6.91. The van der Waals surface area contributed by atoms with E-state index in [-0.39, 0.29) is 12.5 Å².